The molecule has 5 heteroatoms. The molecule has 1 N–H and O–H groups in total. The molecule has 1 fully saturated rings. The summed E-state index contributed by atoms with van der Waals surface area (Å²) in [4.78, 5) is 26.8. The van der Waals surface area contributed by atoms with Gasteiger partial charge >= 0.3 is 12.0 Å². The van der Waals surface area contributed by atoms with Gasteiger partial charge in [-0.1, -0.05) is 13.8 Å². The van der Waals surface area contributed by atoms with E-state index in [1.165, 1.54) is 0 Å². The Morgan fingerprint density at radius 2 is 2.11 bits per heavy atom. The van der Waals surface area contributed by atoms with Gasteiger partial charge in [0, 0.05) is 25.7 Å². The highest BCUT2D eigenvalue weighted by Gasteiger charge is 2.31. The Balaban J connectivity index is 2.64. The van der Waals surface area contributed by atoms with Crippen molar-refractivity contribution in [2.75, 3.05) is 19.6 Å². The third kappa shape index (κ3) is 3.37. The summed E-state index contributed by atoms with van der Waals surface area (Å²) in [7, 11) is 0. The van der Waals surface area contributed by atoms with E-state index in [1.807, 2.05) is 11.8 Å². The number of rotatable bonds is 5. The minimum absolute atomic E-state index is 0.00468. The number of carboxylic acid groups (broad SMARTS) is 1. The Kier molecular flexibility index (Phi) is 5.44. The van der Waals surface area contributed by atoms with Crippen molar-refractivity contribution in [1.82, 2.24) is 9.80 Å². The summed E-state index contributed by atoms with van der Waals surface area (Å²) in [5.41, 5.74) is 0. The molecular weight excluding hydrogens is 232 g/mol. The van der Waals surface area contributed by atoms with Crippen molar-refractivity contribution in [1.29, 1.82) is 0 Å². The first-order chi connectivity index (χ1) is 8.51. The van der Waals surface area contributed by atoms with E-state index in [1.54, 1.807) is 11.8 Å². The Morgan fingerprint density at radius 3 is 2.61 bits per heavy atom. The number of carbonyl (C=O) groups is 2. The van der Waals surface area contributed by atoms with Gasteiger partial charge in [0.15, 0.2) is 0 Å². The van der Waals surface area contributed by atoms with Crippen molar-refractivity contribution in [3.63, 3.8) is 0 Å². The highest BCUT2D eigenvalue weighted by Crippen LogP contribution is 2.21. The summed E-state index contributed by atoms with van der Waals surface area (Å²) in [5.74, 6) is -1.37. The van der Waals surface area contributed by atoms with Gasteiger partial charge < -0.3 is 14.9 Å². The topological polar surface area (TPSA) is 60.9 Å². The fraction of sp³-hybridized carbons (Fsp3) is 0.846. The molecule has 0 aromatic rings. The summed E-state index contributed by atoms with van der Waals surface area (Å²) in [6.45, 7) is 7.27. The largest absolute Gasteiger partial charge is 0.481 e. The van der Waals surface area contributed by atoms with Gasteiger partial charge in [-0.15, -0.1) is 0 Å². The van der Waals surface area contributed by atoms with Gasteiger partial charge in [0.05, 0.1) is 5.92 Å². The molecular formula is C13H24N2O3. The fourth-order valence-corrected chi connectivity index (χ4v) is 2.44. The van der Waals surface area contributed by atoms with Crippen LogP contribution in [0.2, 0.25) is 0 Å². The van der Waals surface area contributed by atoms with Gasteiger partial charge in [0.2, 0.25) is 0 Å². The number of carbonyl (C=O) groups excluding carboxylic acids is 1. The van der Waals surface area contributed by atoms with Crippen LogP contribution in [0.3, 0.4) is 0 Å². The van der Waals surface area contributed by atoms with E-state index in [9.17, 15) is 9.59 Å². The van der Waals surface area contributed by atoms with Crippen molar-refractivity contribution in [2.24, 2.45) is 5.92 Å². The molecule has 18 heavy (non-hydrogen) atoms. The molecule has 5 nitrogen and oxygen atoms in total. The van der Waals surface area contributed by atoms with E-state index in [0.29, 0.717) is 12.6 Å². The van der Waals surface area contributed by atoms with Crippen molar-refractivity contribution in [3.8, 4) is 0 Å². The van der Waals surface area contributed by atoms with Gasteiger partial charge in [-0.25, -0.2) is 4.79 Å². The molecule has 0 aliphatic carbocycles. The number of carboxylic acids is 1. The van der Waals surface area contributed by atoms with Crippen LogP contribution in [0.15, 0.2) is 0 Å². The second-order valence-corrected chi connectivity index (χ2v) is 4.96. The van der Waals surface area contributed by atoms with Crippen LogP contribution in [-0.4, -0.2) is 52.6 Å². The van der Waals surface area contributed by atoms with E-state index in [0.717, 1.165) is 25.8 Å². The van der Waals surface area contributed by atoms with Crippen LogP contribution in [0.5, 0.6) is 0 Å². The molecule has 0 saturated carbocycles. The average molecular weight is 256 g/mol. The molecule has 1 aliphatic rings. The number of nitrogens with zero attached hydrogens (tertiary/aromatic N) is 2. The molecule has 0 radical (unpaired) electrons. The molecule has 2 atom stereocenters. The third-order valence-electron chi connectivity index (χ3n) is 3.66. The first-order valence-electron chi connectivity index (χ1n) is 6.79. The van der Waals surface area contributed by atoms with Crippen LogP contribution in [0.25, 0.3) is 0 Å². The summed E-state index contributed by atoms with van der Waals surface area (Å²) >= 11 is 0. The molecule has 1 saturated heterocycles. The predicted molar refractivity (Wildman–Crippen MR) is 69.5 cm³/mol. The van der Waals surface area contributed by atoms with Crippen molar-refractivity contribution >= 4 is 12.0 Å². The van der Waals surface area contributed by atoms with Crippen LogP contribution in [0, 0.1) is 5.92 Å². The second kappa shape index (κ2) is 6.61. The van der Waals surface area contributed by atoms with E-state index >= 15 is 0 Å². The second-order valence-electron chi connectivity index (χ2n) is 4.96. The molecule has 2 unspecified atom stereocenters. The molecule has 0 aromatic carbocycles. The maximum atomic E-state index is 12.4. The van der Waals surface area contributed by atoms with E-state index in [4.69, 9.17) is 5.11 Å². The number of hydrogen-bond acceptors (Lipinski definition) is 2. The highest BCUT2D eigenvalue weighted by atomic mass is 16.4. The summed E-state index contributed by atoms with van der Waals surface area (Å²) in [6.07, 6.45) is 3.09. The molecule has 1 rings (SSSR count). The zero-order valence-electron chi connectivity index (χ0n) is 11.6. The molecule has 1 aliphatic heterocycles. The SMILES string of the molecule is CCC1CCCN1C(=O)N(CC)CC(C)C(=O)O. The number of aliphatic carboxylic acids is 1. The summed E-state index contributed by atoms with van der Waals surface area (Å²) in [5, 5.41) is 8.92. The minimum Gasteiger partial charge on any atom is -0.481 e. The van der Waals surface area contributed by atoms with Crippen LogP contribution in [0.1, 0.15) is 40.0 Å². The smallest absolute Gasteiger partial charge is 0.320 e. The monoisotopic (exact) mass is 256 g/mol. The Labute approximate surface area is 109 Å². The van der Waals surface area contributed by atoms with E-state index in [2.05, 4.69) is 6.92 Å². The molecule has 0 spiro atoms. The zero-order chi connectivity index (χ0) is 13.7. The average Bonchev–Trinajstić information content (AvgIpc) is 2.82. The first kappa shape index (κ1) is 14.8. The van der Waals surface area contributed by atoms with Crippen LogP contribution >= 0.6 is 0 Å². The lowest BCUT2D eigenvalue weighted by Gasteiger charge is -2.31. The number of urea groups is 1. The van der Waals surface area contributed by atoms with Crippen LogP contribution < -0.4 is 0 Å². The van der Waals surface area contributed by atoms with Gasteiger partial charge in [0.25, 0.3) is 0 Å². The van der Waals surface area contributed by atoms with Crippen molar-refractivity contribution < 1.29 is 14.7 Å². The summed E-state index contributed by atoms with van der Waals surface area (Å²) < 4.78 is 0. The maximum Gasteiger partial charge on any atom is 0.320 e. The zero-order valence-corrected chi connectivity index (χ0v) is 11.6. The Hall–Kier alpha value is -1.26. The number of likely N-dealkylation sites (tertiary alicyclic amines) is 1. The maximum absolute atomic E-state index is 12.4. The van der Waals surface area contributed by atoms with Crippen molar-refractivity contribution in [2.45, 2.75) is 46.1 Å². The number of hydrogen-bond donors (Lipinski definition) is 1. The summed E-state index contributed by atoms with van der Waals surface area (Å²) in [6, 6.07) is 0.321. The number of amides is 2. The highest BCUT2D eigenvalue weighted by molar-refractivity contribution is 5.76. The van der Waals surface area contributed by atoms with Gasteiger partial charge in [-0.3, -0.25) is 4.79 Å². The lowest BCUT2D eigenvalue weighted by Crippen LogP contribution is -2.47. The quantitative estimate of drug-likeness (QED) is 0.818. The first-order valence-corrected chi connectivity index (χ1v) is 6.79. The van der Waals surface area contributed by atoms with Crippen molar-refractivity contribution in [3.05, 3.63) is 0 Å². The minimum atomic E-state index is -0.852. The molecule has 0 bridgehead atoms. The predicted octanol–water partition coefficient (Wildman–Crippen LogP) is 2.02. The third-order valence-corrected chi connectivity index (χ3v) is 3.66. The lowest BCUT2D eigenvalue weighted by molar-refractivity contribution is -0.141. The molecule has 0 aromatic heterocycles. The molecule has 2 amide bonds. The normalized spacial score (nSPS) is 20.8. The Morgan fingerprint density at radius 1 is 1.44 bits per heavy atom. The lowest BCUT2D eigenvalue weighted by atomic mass is 10.1. The van der Waals surface area contributed by atoms with Crippen LogP contribution in [0.4, 0.5) is 4.79 Å². The van der Waals surface area contributed by atoms with Gasteiger partial charge in [0.1, 0.15) is 0 Å². The van der Waals surface area contributed by atoms with Crippen LogP contribution in [-0.2, 0) is 4.79 Å². The van der Waals surface area contributed by atoms with E-state index in [-0.39, 0.29) is 12.6 Å². The fourth-order valence-electron chi connectivity index (χ4n) is 2.44. The standard InChI is InChI=1S/C13H24N2O3/c1-4-11-7-6-8-15(11)13(18)14(5-2)9-10(3)12(16)17/h10-11H,4-9H2,1-3H3,(H,16,17). The molecule has 1 heterocycles. The molecule has 104 valence electrons. The van der Waals surface area contributed by atoms with Gasteiger partial charge in [-0.05, 0) is 26.2 Å². The Bertz CT molecular complexity index is 307. The van der Waals surface area contributed by atoms with E-state index < -0.39 is 11.9 Å². The van der Waals surface area contributed by atoms with Gasteiger partial charge in [-0.2, -0.15) is 0 Å².